The van der Waals surface area contributed by atoms with Crippen LogP contribution in [0.5, 0.6) is 5.88 Å². The van der Waals surface area contributed by atoms with Crippen LogP contribution in [0.25, 0.3) is 22.1 Å². The summed E-state index contributed by atoms with van der Waals surface area (Å²) in [7, 11) is 1.38. The summed E-state index contributed by atoms with van der Waals surface area (Å²) in [6.45, 7) is 2.20. The van der Waals surface area contributed by atoms with Crippen LogP contribution in [-0.2, 0) is 24.9 Å². The van der Waals surface area contributed by atoms with Crippen LogP contribution in [0.1, 0.15) is 80.8 Å². The van der Waals surface area contributed by atoms with Crippen LogP contribution >= 0.6 is 0 Å². The fraction of sp³-hybridized carbons (Fsp3) is 0.268. The van der Waals surface area contributed by atoms with Gasteiger partial charge in [-0.1, -0.05) is 55.7 Å². The van der Waals surface area contributed by atoms with Gasteiger partial charge in [0, 0.05) is 36.3 Å². The van der Waals surface area contributed by atoms with Crippen molar-refractivity contribution in [2.45, 2.75) is 63.9 Å². The quantitative estimate of drug-likeness (QED) is 0.145. The van der Waals surface area contributed by atoms with Gasteiger partial charge in [0.2, 0.25) is 5.88 Å². The maximum Gasteiger partial charge on any atom is 0.416 e. The Kier molecular flexibility index (Phi) is 11.5. The molecular formula is C41H39F3N6O4. The molecule has 4 aromatic heterocycles. The fourth-order valence-electron chi connectivity index (χ4n) is 6.40. The predicted octanol–water partition coefficient (Wildman–Crippen LogP) is 7.61. The number of hydrogen-bond donors (Lipinski definition) is 3. The number of ether oxygens (including phenoxy) is 1. The van der Waals surface area contributed by atoms with E-state index in [0.717, 1.165) is 54.3 Å². The summed E-state index contributed by atoms with van der Waals surface area (Å²) in [5, 5.41) is 17.9. The lowest BCUT2D eigenvalue weighted by molar-refractivity contribution is -0.137. The van der Waals surface area contributed by atoms with Gasteiger partial charge in [-0.2, -0.15) is 18.2 Å². The summed E-state index contributed by atoms with van der Waals surface area (Å²) in [6, 6.07) is 23.3. The van der Waals surface area contributed by atoms with Gasteiger partial charge in [0.05, 0.1) is 29.5 Å². The second-order valence-electron chi connectivity index (χ2n) is 13.1. The number of benzene rings is 2. The van der Waals surface area contributed by atoms with Gasteiger partial charge in [-0.3, -0.25) is 9.59 Å². The number of amides is 2. The molecule has 13 heteroatoms. The highest BCUT2D eigenvalue weighted by Crippen LogP contribution is 2.37. The number of aliphatic hydroxyl groups is 1. The van der Waals surface area contributed by atoms with E-state index in [9.17, 15) is 27.9 Å². The summed E-state index contributed by atoms with van der Waals surface area (Å²) in [5.41, 5.74) is 3.34. The third-order valence-corrected chi connectivity index (χ3v) is 9.35. The first-order valence-electron chi connectivity index (χ1n) is 17.5. The number of nitrogens with one attached hydrogen (secondary N) is 2. The number of fused-ring (bicyclic) bond motifs is 2. The summed E-state index contributed by atoms with van der Waals surface area (Å²) in [4.78, 5) is 42.0. The molecule has 6 aromatic rings. The van der Waals surface area contributed by atoms with Gasteiger partial charge in [0.1, 0.15) is 5.56 Å². The summed E-state index contributed by atoms with van der Waals surface area (Å²) in [5.74, 6) is -0.555. The zero-order valence-electron chi connectivity index (χ0n) is 29.8. The van der Waals surface area contributed by atoms with Crippen molar-refractivity contribution in [1.82, 2.24) is 30.6 Å². The molecule has 1 saturated carbocycles. The molecule has 54 heavy (non-hydrogen) atoms. The zero-order valence-corrected chi connectivity index (χ0v) is 29.8. The van der Waals surface area contributed by atoms with E-state index in [1.165, 1.54) is 25.7 Å². The minimum Gasteiger partial charge on any atom is -0.480 e. The number of methoxy groups -OCH3 is 1. The standard InChI is InChI=1S/C23H25N3O2.C18H14F3N3O2/c1-16-20(14-18-6-5-13-24-21(18)26-16)22(27)25-15-17-7-9-19(10-8-17)23(28)11-3-2-4-12-23;1-26-17-14(9-12-5-3-7-22-15(12)24-17)16(25)23-10-11-4-2-6-13(8-11)18(19,20)21/h5-10,13-14,28H,2-4,11-12,15H2,1H3,(H,25,27);2-9H,10H2,1H3,(H,23,25). The average Bonchev–Trinajstić information content (AvgIpc) is 3.18. The van der Waals surface area contributed by atoms with Crippen molar-refractivity contribution >= 4 is 33.9 Å². The van der Waals surface area contributed by atoms with Crippen LogP contribution in [0, 0.1) is 6.92 Å². The van der Waals surface area contributed by atoms with E-state index in [-0.39, 0.29) is 23.9 Å². The Bertz CT molecular complexity index is 2270. The van der Waals surface area contributed by atoms with Crippen molar-refractivity contribution in [1.29, 1.82) is 0 Å². The van der Waals surface area contributed by atoms with E-state index in [2.05, 4.69) is 30.6 Å². The van der Waals surface area contributed by atoms with E-state index in [0.29, 0.717) is 40.0 Å². The van der Waals surface area contributed by atoms with Gasteiger partial charge < -0.3 is 20.5 Å². The Morgan fingerprint density at radius 3 is 1.98 bits per heavy atom. The summed E-state index contributed by atoms with van der Waals surface area (Å²) in [6.07, 6.45) is 3.83. The lowest BCUT2D eigenvalue weighted by atomic mass is 9.79. The molecule has 0 saturated heterocycles. The first-order chi connectivity index (χ1) is 25.9. The number of alkyl halides is 3. The van der Waals surface area contributed by atoms with Crippen molar-refractivity contribution in [3.05, 3.63) is 136 Å². The highest BCUT2D eigenvalue weighted by atomic mass is 19.4. The van der Waals surface area contributed by atoms with Gasteiger partial charge in [0.25, 0.3) is 11.8 Å². The predicted molar refractivity (Wildman–Crippen MR) is 198 cm³/mol. The van der Waals surface area contributed by atoms with Crippen LogP contribution in [0.15, 0.2) is 97.3 Å². The SMILES string of the molecule is COc1nc2ncccc2cc1C(=O)NCc1cccc(C(F)(F)F)c1.Cc1nc2ncccc2cc1C(=O)NCc1ccc(C2(O)CCCCC2)cc1. The van der Waals surface area contributed by atoms with E-state index < -0.39 is 23.2 Å². The highest BCUT2D eigenvalue weighted by Gasteiger charge is 2.31. The number of hydrogen-bond acceptors (Lipinski definition) is 8. The van der Waals surface area contributed by atoms with Crippen LogP contribution in [-0.4, -0.2) is 44.0 Å². The Hall–Kier alpha value is -5.95. The Morgan fingerprint density at radius 2 is 1.35 bits per heavy atom. The second kappa shape index (κ2) is 16.4. The maximum absolute atomic E-state index is 12.8. The number of carbonyl (C=O) groups excluding carboxylic acids is 2. The first kappa shape index (κ1) is 37.8. The monoisotopic (exact) mass is 736 g/mol. The molecular weight excluding hydrogens is 697 g/mol. The Morgan fingerprint density at radius 1 is 0.759 bits per heavy atom. The van der Waals surface area contributed by atoms with Gasteiger partial charge in [-0.15, -0.1) is 0 Å². The van der Waals surface area contributed by atoms with E-state index in [1.807, 2.05) is 49.4 Å². The van der Waals surface area contributed by atoms with Crippen LogP contribution < -0.4 is 15.4 Å². The van der Waals surface area contributed by atoms with Crippen molar-refractivity contribution in [2.75, 3.05) is 7.11 Å². The topological polar surface area (TPSA) is 139 Å². The average molecular weight is 737 g/mol. The summed E-state index contributed by atoms with van der Waals surface area (Å²) < 4.78 is 43.4. The molecule has 0 unspecified atom stereocenters. The number of carbonyl (C=O) groups is 2. The van der Waals surface area contributed by atoms with E-state index >= 15 is 0 Å². The lowest BCUT2D eigenvalue weighted by Gasteiger charge is -2.32. The normalized spacial score (nSPS) is 13.8. The van der Waals surface area contributed by atoms with E-state index in [4.69, 9.17) is 4.74 Å². The largest absolute Gasteiger partial charge is 0.480 e. The van der Waals surface area contributed by atoms with Crippen molar-refractivity contribution in [2.24, 2.45) is 0 Å². The molecule has 0 radical (unpaired) electrons. The Labute approximate surface area is 309 Å². The minimum atomic E-state index is -4.43. The van der Waals surface area contributed by atoms with Crippen molar-refractivity contribution < 1.29 is 32.6 Å². The molecule has 0 spiro atoms. The van der Waals surface area contributed by atoms with Crippen LogP contribution in [0.2, 0.25) is 0 Å². The number of aromatic nitrogens is 4. The number of nitrogens with zero attached hydrogens (tertiary/aromatic N) is 4. The van der Waals surface area contributed by atoms with Gasteiger partial charge in [-0.25, -0.2) is 15.0 Å². The van der Waals surface area contributed by atoms with Gasteiger partial charge in [-0.05, 0) is 85.0 Å². The van der Waals surface area contributed by atoms with Crippen molar-refractivity contribution in [3.8, 4) is 5.88 Å². The van der Waals surface area contributed by atoms with Crippen molar-refractivity contribution in [3.63, 3.8) is 0 Å². The molecule has 2 aromatic carbocycles. The lowest BCUT2D eigenvalue weighted by Crippen LogP contribution is -2.28. The highest BCUT2D eigenvalue weighted by molar-refractivity contribution is 5.99. The minimum absolute atomic E-state index is 0.0585. The maximum atomic E-state index is 12.8. The Balaban J connectivity index is 0.000000185. The molecule has 7 rings (SSSR count). The first-order valence-corrected chi connectivity index (χ1v) is 17.5. The molecule has 1 fully saturated rings. The van der Waals surface area contributed by atoms with E-state index in [1.54, 1.807) is 30.6 Å². The molecule has 0 atom stereocenters. The smallest absolute Gasteiger partial charge is 0.416 e. The number of aryl methyl sites for hydroxylation is 1. The number of halogens is 3. The zero-order chi connectivity index (χ0) is 38.3. The van der Waals surface area contributed by atoms with Crippen LogP contribution in [0.4, 0.5) is 13.2 Å². The molecule has 0 bridgehead atoms. The third-order valence-electron chi connectivity index (χ3n) is 9.35. The fourth-order valence-corrected chi connectivity index (χ4v) is 6.40. The number of rotatable bonds is 8. The molecule has 4 heterocycles. The molecule has 10 nitrogen and oxygen atoms in total. The second-order valence-corrected chi connectivity index (χ2v) is 13.1. The summed E-state index contributed by atoms with van der Waals surface area (Å²) >= 11 is 0. The molecule has 2 amide bonds. The molecule has 278 valence electrons. The molecule has 1 aliphatic rings. The molecule has 3 N–H and O–H groups in total. The molecule has 1 aliphatic carbocycles. The van der Waals surface area contributed by atoms with Gasteiger partial charge >= 0.3 is 6.18 Å². The number of pyridine rings is 4. The van der Waals surface area contributed by atoms with Crippen LogP contribution in [0.3, 0.4) is 0 Å². The molecule has 0 aliphatic heterocycles. The van der Waals surface area contributed by atoms with Gasteiger partial charge in [0.15, 0.2) is 11.3 Å². The third kappa shape index (κ3) is 8.97.